The van der Waals surface area contributed by atoms with Crippen molar-refractivity contribution in [2.75, 3.05) is 0 Å². The zero-order valence-electron chi connectivity index (χ0n) is 12.5. The molecule has 0 bridgehead atoms. The summed E-state index contributed by atoms with van der Waals surface area (Å²) in [6, 6.07) is 3.28. The maximum atomic E-state index is 9.99. The van der Waals surface area contributed by atoms with E-state index in [0.29, 0.717) is 25.7 Å². The zero-order valence-corrected chi connectivity index (χ0v) is 18.8. The molecule has 0 aromatic carbocycles. The molecule has 0 radical (unpaired) electrons. The van der Waals surface area contributed by atoms with Crippen LogP contribution in [-0.4, -0.2) is 11.9 Å². The molecule has 0 spiro atoms. The van der Waals surface area contributed by atoms with Crippen LogP contribution in [0.25, 0.3) is 0 Å². The predicted octanol–water partition coefficient (Wildman–Crippen LogP) is -6.64. The van der Waals surface area contributed by atoms with Gasteiger partial charge in [0.2, 0.25) is 0 Å². The van der Waals surface area contributed by atoms with Gasteiger partial charge in [0.25, 0.3) is 0 Å². The maximum Gasteiger partial charge on any atom is 1.00 e. The number of carbonyl (C=O) groups is 2. The van der Waals surface area contributed by atoms with Crippen molar-refractivity contribution in [1.82, 2.24) is 0 Å². The van der Waals surface area contributed by atoms with Gasteiger partial charge in [-0.05, 0) is 12.8 Å². The molecule has 0 aromatic rings. The Labute approximate surface area is 204 Å². The number of carboxylic acid groups (broad SMARTS) is 2. The fourth-order valence-electron chi connectivity index (χ4n) is 1.05. The van der Waals surface area contributed by atoms with Crippen LogP contribution in [0.2, 0.25) is 0 Å². The molecular formula is C12H16K2N2O4. The van der Waals surface area contributed by atoms with Gasteiger partial charge in [-0.3, -0.25) is 0 Å². The first-order valence-corrected chi connectivity index (χ1v) is 5.65. The Bertz CT molecular complexity index is 316. The van der Waals surface area contributed by atoms with E-state index < -0.39 is 23.8 Å². The minimum Gasteiger partial charge on any atom is -0.549 e. The number of nitrogens with zero attached hydrogens (tertiary/aromatic N) is 2. The first-order chi connectivity index (χ1) is 8.44. The van der Waals surface area contributed by atoms with Crippen LogP contribution in [0.5, 0.6) is 0 Å². The largest absolute Gasteiger partial charge is 1.00 e. The van der Waals surface area contributed by atoms with E-state index in [2.05, 4.69) is 0 Å². The number of aliphatic carboxylic acids is 2. The number of carbonyl (C=O) groups excluding carboxylic acids is 2. The smallest absolute Gasteiger partial charge is 0.549 e. The molecule has 20 heavy (non-hydrogen) atoms. The first-order valence-electron chi connectivity index (χ1n) is 5.65. The second-order valence-electron chi connectivity index (χ2n) is 3.58. The monoisotopic (exact) mass is 330 g/mol. The minimum atomic E-state index is -1.26. The second kappa shape index (κ2) is 20.2. The number of hydrogen-bond donors (Lipinski definition) is 0. The average molecular weight is 330 g/mol. The van der Waals surface area contributed by atoms with Crippen LogP contribution in [0.1, 0.15) is 39.5 Å². The van der Waals surface area contributed by atoms with Crippen LogP contribution in [0.3, 0.4) is 0 Å². The molecule has 0 N–H and O–H groups in total. The summed E-state index contributed by atoms with van der Waals surface area (Å²) in [4.78, 5) is 20.0. The first kappa shape index (κ1) is 29.2. The molecule has 100 valence electrons. The predicted molar refractivity (Wildman–Crippen MR) is 58.0 cm³/mol. The Hall–Kier alpha value is 1.19. The average Bonchev–Trinajstić information content (AvgIpc) is 2.32. The van der Waals surface area contributed by atoms with Gasteiger partial charge in [-0.1, -0.05) is 26.7 Å². The van der Waals surface area contributed by atoms with Crippen molar-refractivity contribution in [3.05, 3.63) is 0 Å². The van der Waals surface area contributed by atoms with Crippen LogP contribution < -0.4 is 113 Å². The Morgan fingerprint density at radius 1 is 0.900 bits per heavy atom. The van der Waals surface area contributed by atoms with Gasteiger partial charge in [-0.2, -0.15) is 10.5 Å². The topological polar surface area (TPSA) is 128 Å². The van der Waals surface area contributed by atoms with E-state index in [4.69, 9.17) is 10.5 Å². The van der Waals surface area contributed by atoms with Gasteiger partial charge < -0.3 is 19.8 Å². The Morgan fingerprint density at radius 3 is 1.20 bits per heavy atom. The third-order valence-corrected chi connectivity index (χ3v) is 2.04. The van der Waals surface area contributed by atoms with Crippen LogP contribution >= 0.6 is 0 Å². The standard InChI is InChI=1S/2C6H9NO2.2K/c2*1-2-3-5(4-7)6(8)9;;/h2*5H,2-3H2,1H3,(H,8,9);;/q;;2*+1/p-2. The SMILES string of the molecule is CCCC(C#N)C(=O)[O-].CCCC(C#N)C(=O)[O-].[K+].[K+]. The van der Waals surface area contributed by atoms with E-state index in [1.165, 1.54) is 0 Å². The van der Waals surface area contributed by atoms with E-state index in [-0.39, 0.29) is 103 Å². The molecule has 0 rings (SSSR count). The van der Waals surface area contributed by atoms with Crippen molar-refractivity contribution in [3.8, 4) is 12.1 Å². The van der Waals surface area contributed by atoms with Crippen LogP contribution in [0.4, 0.5) is 0 Å². The van der Waals surface area contributed by atoms with E-state index in [1.807, 2.05) is 13.8 Å². The second-order valence-corrected chi connectivity index (χ2v) is 3.58. The van der Waals surface area contributed by atoms with Crippen molar-refractivity contribution in [2.24, 2.45) is 11.8 Å². The molecule has 0 heterocycles. The van der Waals surface area contributed by atoms with Crippen LogP contribution in [0, 0.1) is 34.5 Å². The Balaban J connectivity index is -0.000000116. The molecule has 6 nitrogen and oxygen atoms in total. The number of hydrogen-bond acceptors (Lipinski definition) is 6. The quantitative estimate of drug-likeness (QED) is 0.445. The summed E-state index contributed by atoms with van der Waals surface area (Å²) in [6.45, 7) is 3.65. The van der Waals surface area contributed by atoms with Gasteiger partial charge in [0.15, 0.2) is 0 Å². The molecule has 2 unspecified atom stereocenters. The van der Waals surface area contributed by atoms with E-state index in [9.17, 15) is 19.8 Å². The molecule has 0 saturated carbocycles. The van der Waals surface area contributed by atoms with Crippen molar-refractivity contribution in [1.29, 1.82) is 10.5 Å². The third-order valence-electron chi connectivity index (χ3n) is 2.04. The molecule has 0 aliphatic carbocycles. The molecule has 2 atom stereocenters. The number of nitriles is 2. The maximum absolute atomic E-state index is 9.99. The normalized spacial score (nSPS) is 10.8. The number of carboxylic acids is 2. The van der Waals surface area contributed by atoms with Crippen molar-refractivity contribution in [3.63, 3.8) is 0 Å². The van der Waals surface area contributed by atoms with Crippen molar-refractivity contribution >= 4 is 11.9 Å². The van der Waals surface area contributed by atoms with Gasteiger partial charge in [0, 0.05) is 0 Å². The molecular weight excluding hydrogens is 314 g/mol. The summed E-state index contributed by atoms with van der Waals surface area (Å²) in [6.07, 6.45) is 2.18. The summed E-state index contributed by atoms with van der Waals surface area (Å²) in [5.41, 5.74) is 0. The summed E-state index contributed by atoms with van der Waals surface area (Å²) in [7, 11) is 0. The number of rotatable bonds is 6. The third kappa shape index (κ3) is 17.2. The summed E-state index contributed by atoms with van der Waals surface area (Å²) >= 11 is 0. The fraction of sp³-hybridized carbons (Fsp3) is 0.667. The zero-order chi connectivity index (χ0) is 14.6. The van der Waals surface area contributed by atoms with Gasteiger partial charge in [-0.15, -0.1) is 0 Å². The summed E-state index contributed by atoms with van der Waals surface area (Å²) < 4.78 is 0. The molecule has 0 fully saturated rings. The van der Waals surface area contributed by atoms with E-state index in [0.717, 1.165) is 0 Å². The molecule has 8 heteroatoms. The van der Waals surface area contributed by atoms with Gasteiger partial charge >= 0.3 is 103 Å². The molecule has 0 aromatic heterocycles. The van der Waals surface area contributed by atoms with Crippen LogP contribution in [-0.2, 0) is 9.59 Å². The summed E-state index contributed by atoms with van der Waals surface area (Å²) in [5.74, 6) is -4.37. The van der Waals surface area contributed by atoms with Gasteiger partial charge in [0.1, 0.15) is 0 Å². The molecule has 0 aliphatic rings. The van der Waals surface area contributed by atoms with Gasteiger partial charge in [0.05, 0.1) is 35.9 Å². The fourth-order valence-corrected chi connectivity index (χ4v) is 1.05. The van der Waals surface area contributed by atoms with E-state index in [1.54, 1.807) is 12.1 Å². The Kier molecular flexibility index (Phi) is 29.5. The van der Waals surface area contributed by atoms with Crippen molar-refractivity contribution < 1.29 is 123 Å². The minimum absolute atomic E-state index is 0. The van der Waals surface area contributed by atoms with Crippen molar-refractivity contribution in [2.45, 2.75) is 39.5 Å². The molecule has 0 saturated heterocycles. The molecule has 0 amide bonds. The Morgan fingerprint density at radius 2 is 1.15 bits per heavy atom. The van der Waals surface area contributed by atoms with Crippen LogP contribution in [0.15, 0.2) is 0 Å². The summed E-state index contributed by atoms with van der Waals surface area (Å²) in [5, 5.41) is 36.3. The van der Waals surface area contributed by atoms with E-state index >= 15 is 0 Å². The molecule has 0 aliphatic heterocycles. The van der Waals surface area contributed by atoms with Gasteiger partial charge in [-0.25, -0.2) is 0 Å².